The Bertz CT molecular complexity index is 924. The van der Waals surface area contributed by atoms with E-state index in [1.54, 1.807) is 32.7 Å². The molecule has 0 aliphatic carbocycles. The van der Waals surface area contributed by atoms with Crippen LogP contribution in [0.4, 0.5) is 5.13 Å². The molecule has 0 unspecified atom stereocenters. The normalized spacial score (nSPS) is 15.0. The zero-order valence-electron chi connectivity index (χ0n) is 16.2. The quantitative estimate of drug-likeness (QED) is 0.647. The van der Waals surface area contributed by atoms with E-state index >= 15 is 0 Å². The number of anilines is 1. The summed E-state index contributed by atoms with van der Waals surface area (Å²) in [5.41, 5.74) is 1.76. The molecule has 9 heteroatoms. The molecule has 1 fully saturated rings. The van der Waals surface area contributed by atoms with Crippen molar-refractivity contribution in [2.75, 3.05) is 46.4 Å². The second kappa shape index (κ2) is 8.24. The van der Waals surface area contributed by atoms with E-state index in [0.29, 0.717) is 23.2 Å². The molecule has 0 spiro atoms. The van der Waals surface area contributed by atoms with Gasteiger partial charge in [0.1, 0.15) is 0 Å². The van der Waals surface area contributed by atoms with E-state index in [-0.39, 0.29) is 0 Å². The Hall–Kier alpha value is -2.52. The molecule has 0 radical (unpaired) electrons. The van der Waals surface area contributed by atoms with Crippen molar-refractivity contribution >= 4 is 21.4 Å². The maximum atomic E-state index is 5.47. The van der Waals surface area contributed by atoms with Crippen LogP contribution in [-0.2, 0) is 4.74 Å². The third-order valence-corrected chi connectivity index (χ3v) is 5.81. The van der Waals surface area contributed by atoms with Gasteiger partial charge in [-0.15, -0.1) is 5.10 Å². The van der Waals surface area contributed by atoms with Crippen LogP contribution in [0, 0.1) is 5.92 Å². The molecular formula is C19H24N4O4S. The molecule has 0 amide bonds. The van der Waals surface area contributed by atoms with Gasteiger partial charge >= 0.3 is 0 Å². The summed E-state index contributed by atoms with van der Waals surface area (Å²) >= 11 is 1.54. The Balaban J connectivity index is 1.61. The van der Waals surface area contributed by atoms with Crippen molar-refractivity contribution in [3.8, 4) is 28.5 Å². The highest BCUT2D eigenvalue weighted by Gasteiger charge is 2.19. The number of benzene rings is 1. The van der Waals surface area contributed by atoms with Crippen molar-refractivity contribution < 1.29 is 18.9 Å². The van der Waals surface area contributed by atoms with Gasteiger partial charge in [0, 0.05) is 25.3 Å². The van der Waals surface area contributed by atoms with Gasteiger partial charge in [0.05, 0.1) is 33.2 Å². The van der Waals surface area contributed by atoms with Crippen molar-refractivity contribution in [3.05, 3.63) is 18.3 Å². The first kappa shape index (κ1) is 18.8. The van der Waals surface area contributed by atoms with E-state index in [1.807, 2.05) is 22.8 Å². The molecule has 1 saturated heterocycles. The molecule has 1 aliphatic rings. The fourth-order valence-corrected chi connectivity index (χ4v) is 4.15. The fourth-order valence-electron chi connectivity index (χ4n) is 3.37. The molecule has 8 nitrogen and oxygen atoms in total. The molecule has 3 heterocycles. The van der Waals surface area contributed by atoms with Crippen LogP contribution >= 0.6 is 11.3 Å². The second-order valence-electron chi connectivity index (χ2n) is 6.60. The first-order valence-corrected chi connectivity index (χ1v) is 10.0. The number of rotatable bonds is 7. The van der Waals surface area contributed by atoms with Crippen molar-refractivity contribution in [3.63, 3.8) is 0 Å². The lowest BCUT2D eigenvalue weighted by Crippen LogP contribution is -2.22. The first-order valence-electron chi connectivity index (χ1n) is 9.20. The van der Waals surface area contributed by atoms with Gasteiger partial charge in [-0.25, -0.2) is 9.50 Å². The highest BCUT2D eigenvalue weighted by molar-refractivity contribution is 7.20. The summed E-state index contributed by atoms with van der Waals surface area (Å²) in [6.07, 6.45) is 3.99. The average Bonchev–Trinajstić information content (AvgIpc) is 3.32. The number of imidazole rings is 1. The molecule has 1 aliphatic heterocycles. The van der Waals surface area contributed by atoms with E-state index in [9.17, 15) is 0 Å². The number of nitrogens with one attached hydrogen (secondary N) is 1. The minimum atomic E-state index is 0.562. The SMILES string of the molecule is COc1cc(-c2cnc3sc(NCC4CCOCC4)nn23)cc(OC)c1OC. The first-order chi connectivity index (χ1) is 13.7. The van der Waals surface area contributed by atoms with Crippen LogP contribution < -0.4 is 19.5 Å². The van der Waals surface area contributed by atoms with E-state index in [2.05, 4.69) is 10.3 Å². The maximum Gasteiger partial charge on any atom is 0.214 e. The molecule has 0 atom stereocenters. The van der Waals surface area contributed by atoms with Crippen LogP contribution in [0.3, 0.4) is 0 Å². The average molecular weight is 404 g/mol. The number of ether oxygens (including phenoxy) is 4. The van der Waals surface area contributed by atoms with Gasteiger partial charge in [0.15, 0.2) is 11.5 Å². The topological polar surface area (TPSA) is 79.1 Å². The van der Waals surface area contributed by atoms with Gasteiger partial charge in [0.2, 0.25) is 15.8 Å². The van der Waals surface area contributed by atoms with E-state index in [0.717, 1.165) is 53.9 Å². The zero-order valence-corrected chi connectivity index (χ0v) is 17.0. The van der Waals surface area contributed by atoms with Gasteiger partial charge in [-0.1, -0.05) is 11.3 Å². The van der Waals surface area contributed by atoms with Gasteiger partial charge in [0.25, 0.3) is 0 Å². The molecule has 150 valence electrons. The smallest absolute Gasteiger partial charge is 0.214 e. The minimum Gasteiger partial charge on any atom is -0.493 e. The summed E-state index contributed by atoms with van der Waals surface area (Å²) in [6.45, 7) is 2.59. The minimum absolute atomic E-state index is 0.562. The van der Waals surface area contributed by atoms with Crippen LogP contribution in [0.2, 0.25) is 0 Å². The number of hydrogen-bond donors (Lipinski definition) is 1. The molecule has 4 rings (SSSR count). The predicted molar refractivity (Wildman–Crippen MR) is 108 cm³/mol. The second-order valence-corrected chi connectivity index (χ2v) is 7.55. The van der Waals surface area contributed by atoms with Crippen LogP contribution in [0.25, 0.3) is 16.2 Å². The van der Waals surface area contributed by atoms with Crippen molar-refractivity contribution in [2.24, 2.45) is 5.92 Å². The van der Waals surface area contributed by atoms with Crippen molar-refractivity contribution in [1.82, 2.24) is 14.6 Å². The molecule has 28 heavy (non-hydrogen) atoms. The van der Waals surface area contributed by atoms with Crippen LogP contribution in [-0.4, -0.2) is 55.7 Å². The standard InChI is InChI=1S/C19H24N4O4S/c1-24-15-8-13(9-16(25-2)17(15)26-3)14-11-21-19-23(14)22-18(28-19)20-10-12-4-6-27-7-5-12/h8-9,11-12H,4-7,10H2,1-3H3,(H,20,22). The largest absolute Gasteiger partial charge is 0.493 e. The van der Waals surface area contributed by atoms with Crippen molar-refractivity contribution in [1.29, 1.82) is 0 Å². The summed E-state index contributed by atoms with van der Waals surface area (Å²) < 4.78 is 23.6. The van der Waals surface area contributed by atoms with E-state index in [1.165, 1.54) is 0 Å². The Labute approximate surface area is 167 Å². The van der Waals surface area contributed by atoms with Crippen LogP contribution in [0.1, 0.15) is 12.8 Å². The third-order valence-electron chi connectivity index (χ3n) is 4.93. The summed E-state index contributed by atoms with van der Waals surface area (Å²) in [7, 11) is 4.80. The lowest BCUT2D eigenvalue weighted by atomic mass is 10.0. The van der Waals surface area contributed by atoms with Crippen molar-refractivity contribution in [2.45, 2.75) is 12.8 Å². The molecule has 0 bridgehead atoms. The highest BCUT2D eigenvalue weighted by Crippen LogP contribution is 2.41. The number of methoxy groups -OCH3 is 3. The summed E-state index contributed by atoms with van der Waals surface area (Å²) in [5.74, 6) is 2.38. The monoisotopic (exact) mass is 404 g/mol. The Morgan fingerprint density at radius 2 is 1.86 bits per heavy atom. The number of fused-ring (bicyclic) bond motifs is 1. The lowest BCUT2D eigenvalue weighted by Gasteiger charge is -2.21. The lowest BCUT2D eigenvalue weighted by molar-refractivity contribution is 0.0699. The Morgan fingerprint density at radius 3 is 2.50 bits per heavy atom. The zero-order chi connectivity index (χ0) is 19.5. The van der Waals surface area contributed by atoms with Gasteiger partial charge in [-0.3, -0.25) is 0 Å². The van der Waals surface area contributed by atoms with Gasteiger partial charge < -0.3 is 24.3 Å². The molecule has 1 aromatic carbocycles. The molecule has 3 aromatic rings. The molecular weight excluding hydrogens is 380 g/mol. The van der Waals surface area contributed by atoms with E-state index in [4.69, 9.17) is 24.0 Å². The molecule has 0 saturated carbocycles. The molecule has 2 aromatic heterocycles. The third kappa shape index (κ3) is 3.59. The van der Waals surface area contributed by atoms with E-state index < -0.39 is 0 Å². The number of aromatic nitrogens is 3. The Kier molecular flexibility index (Phi) is 5.54. The maximum absolute atomic E-state index is 5.47. The summed E-state index contributed by atoms with van der Waals surface area (Å²) in [4.78, 5) is 5.34. The van der Waals surface area contributed by atoms with Gasteiger partial charge in [-0.2, -0.15) is 0 Å². The summed E-state index contributed by atoms with van der Waals surface area (Å²) in [6, 6.07) is 3.80. The van der Waals surface area contributed by atoms with Crippen LogP contribution in [0.15, 0.2) is 18.3 Å². The fraction of sp³-hybridized carbons (Fsp3) is 0.474. The predicted octanol–water partition coefficient (Wildman–Crippen LogP) is 3.32. The van der Waals surface area contributed by atoms with Crippen LogP contribution in [0.5, 0.6) is 17.2 Å². The summed E-state index contributed by atoms with van der Waals surface area (Å²) in [5, 5.41) is 9.02. The van der Waals surface area contributed by atoms with Gasteiger partial charge in [-0.05, 0) is 30.9 Å². The Morgan fingerprint density at radius 1 is 1.14 bits per heavy atom. The number of nitrogens with zero attached hydrogens (tertiary/aromatic N) is 3. The highest BCUT2D eigenvalue weighted by atomic mass is 32.1. The molecule has 1 N–H and O–H groups in total. The number of hydrogen-bond acceptors (Lipinski definition) is 8.